The van der Waals surface area contributed by atoms with E-state index in [-0.39, 0.29) is 24.1 Å². The van der Waals surface area contributed by atoms with Crippen molar-refractivity contribution < 1.29 is 19.1 Å². The first-order valence-electron chi connectivity index (χ1n) is 11.2. The lowest BCUT2D eigenvalue weighted by atomic mass is 10.0. The SMILES string of the molecule is CC[C@H](C(=O)NC(C)(C)C)N(Cc1cccc(C)c1)C(=O)CCc1ccc2c(c1)OCO2. The Labute approximate surface area is 190 Å². The van der Waals surface area contributed by atoms with Crippen molar-refractivity contribution in [2.24, 2.45) is 0 Å². The molecule has 6 nitrogen and oxygen atoms in total. The zero-order valence-electron chi connectivity index (χ0n) is 19.7. The molecule has 6 heteroatoms. The molecule has 1 N–H and O–H groups in total. The number of ether oxygens (including phenoxy) is 2. The van der Waals surface area contributed by atoms with E-state index >= 15 is 0 Å². The molecular weight excluding hydrogens is 404 g/mol. The zero-order valence-corrected chi connectivity index (χ0v) is 19.7. The number of nitrogens with one attached hydrogen (secondary N) is 1. The molecule has 0 fully saturated rings. The Morgan fingerprint density at radius 1 is 1.06 bits per heavy atom. The van der Waals surface area contributed by atoms with Gasteiger partial charge in [0.05, 0.1) is 0 Å². The van der Waals surface area contributed by atoms with Gasteiger partial charge in [-0.1, -0.05) is 42.8 Å². The summed E-state index contributed by atoms with van der Waals surface area (Å²) in [6, 6.07) is 13.3. The number of fused-ring (bicyclic) bond motifs is 1. The van der Waals surface area contributed by atoms with Gasteiger partial charge in [0.25, 0.3) is 0 Å². The largest absolute Gasteiger partial charge is 0.454 e. The third-order valence-corrected chi connectivity index (χ3v) is 5.38. The minimum absolute atomic E-state index is 0.0416. The van der Waals surface area contributed by atoms with Crippen LogP contribution in [0.15, 0.2) is 42.5 Å². The summed E-state index contributed by atoms with van der Waals surface area (Å²) >= 11 is 0. The quantitative estimate of drug-likeness (QED) is 0.664. The molecule has 1 atom stereocenters. The first kappa shape index (κ1) is 23.6. The Morgan fingerprint density at radius 3 is 2.50 bits per heavy atom. The minimum Gasteiger partial charge on any atom is -0.454 e. The fourth-order valence-corrected chi connectivity index (χ4v) is 3.87. The van der Waals surface area contributed by atoms with Crippen LogP contribution in [-0.4, -0.2) is 35.1 Å². The molecule has 0 aliphatic carbocycles. The van der Waals surface area contributed by atoms with Crippen LogP contribution in [0.4, 0.5) is 0 Å². The van der Waals surface area contributed by atoms with E-state index in [1.54, 1.807) is 4.90 Å². The van der Waals surface area contributed by atoms with E-state index in [2.05, 4.69) is 11.4 Å². The van der Waals surface area contributed by atoms with E-state index in [9.17, 15) is 9.59 Å². The van der Waals surface area contributed by atoms with E-state index in [1.807, 2.05) is 71.0 Å². The number of carbonyl (C=O) groups excluding carboxylic acids is 2. The average molecular weight is 439 g/mol. The summed E-state index contributed by atoms with van der Waals surface area (Å²) in [6.45, 7) is 10.4. The third-order valence-electron chi connectivity index (χ3n) is 5.38. The van der Waals surface area contributed by atoms with Gasteiger partial charge in [-0.25, -0.2) is 0 Å². The Kier molecular flexibility index (Phi) is 7.44. The second kappa shape index (κ2) is 10.1. The highest BCUT2D eigenvalue weighted by Gasteiger charge is 2.30. The molecular formula is C26H34N2O4. The molecule has 2 aromatic carbocycles. The van der Waals surface area contributed by atoms with E-state index in [0.29, 0.717) is 31.6 Å². The smallest absolute Gasteiger partial charge is 0.243 e. The van der Waals surface area contributed by atoms with Crippen LogP contribution in [0, 0.1) is 6.92 Å². The highest BCUT2D eigenvalue weighted by Crippen LogP contribution is 2.32. The molecule has 0 radical (unpaired) electrons. The van der Waals surface area contributed by atoms with Gasteiger partial charge in [-0.3, -0.25) is 9.59 Å². The monoisotopic (exact) mass is 438 g/mol. The maximum Gasteiger partial charge on any atom is 0.243 e. The van der Waals surface area contributed by atoms with Gasteiger partial charge in [0.1, 0.15) is 6.04 Å². The predicted molar refractivity (Wildman–Crippen MR) is 125 cm³/mol. The highest BCUT2D eigenvalue weighted by molar-refractivity contribution is 5.88. The Morgan fingerprint density at radius 2 is 1.81 bits per heavy atom. The van der Waals surface area contributed by atoms with Gasteiger partial charge < -0.3 is 19.7 Å². The molecule has 3 rings (SSSR count). The van der Waals surface area contributed by atoms with Gasteiger partial charge >= 0.3 is 0 Å². The average Bonchev–Trinajstić information content (AvgIpc) is 3.18. The number of amides is 2. The van der Waals surface area contributed by atoms with Crippen molar-refractivity contribution in [3.8, 4) is 11.5 Å². The molecule has 0 saturated carbocycles. The Bertz CT molecular complexity index is 965. The fraction of sp³-hybridized carbons (Fsp3) is 0.462. The molecule has 32 heavy (non-hydrogen) atoms. The van der Waals surface area contributed by atoms with Crippen LogP contribution in [-0.2, 0) is 22.6 Å². The summed E-state index contributed by atoms with van der Waals surface area (Å²) < 4.78 is 10.8. The maximum atomic E-state index is 13.4. The van der Waals surface area contributed by atoms with Gasteiger partial charge in [0, 0.05) is 18.5 Å². The predicted octanol–water partition coefficient (Wildman–Crippen LogP) is 4.38. The fourth-order valence-electron chi connectivity index (χ4n) is 3.87. The van der Waals surface area contributed by atoms with E-state index < -0.39 is 6.04 Å². The van der Waals surface area contributed by atoms with E-state index in [0.717, 1.165) is 22.4 Å². The van der Waals surface area contributed by atoms with Crippen LogP contribution in [0.1, 0.15) is 57.2 Å². The minimum atomic E-state index is -0.529. The van der Waals surface area contributed by atoms with Crippen LogP contribution >= 0.6 is 0 Å². The van der Waals surface area contributed by atoms with Gasteiger partial charge in [0.2, 0.25) is 18.6 Å². The second-order valence-electron chi connectivity index (χ2n) is 9.36. The normalized spacial score (nSPS) is 13.5. The number of carbonyl (C=O) groups is 2. The summed E-state index contributed by atoms with van der Waals surface area (Å²) in [6.07, 6.45) is 1.42. The van der Waals surface area contributed by atoms with Crippen LogP contribution in [0.2, 0.25) is 0 Å². The van der Waals surface area contributed by atoms with Crippen molar-refractivity contribution >= 4 is 11.8 Å². The maximum absolute atomic E-state index is 13.4. The first-order chi connectivity index (χ1) is 15.2. The molecule has 0 saturated heterocycles. The molecule has 1 aliphatic heterocycles. The lowest BCUT2D eigenvalue weighted by molar-refractivity contribution is -0.142. The molecule has 1 heterocycles. The van der Waals surface area contributed by atoms with Crippen molar-refractivity contribution in [1.82, 2.24) is 10.2 Å². The lowest BCUT2D eigenvalue weighted by Gasteiger charge is -2.33. The van der Waals surface area contributed by atoms with Crippen LogP contribution < -0.4 is 14.8 Å². The van der Waals surface area contributed by atoms with Crippen molar-refractivity contribution in [1.29, 1.82) is 0 Å². The van der Waals surface area contributed by atoms with E-state index in [4.69, 9.17) is 9.47 Å². The van der Waals surface area contributed by atoms with E-state index in [1.165, 1.54) is 0 Å². The van der Waals surface area contributed by atoms with Crippen LogP contribution in [0.3, 0.4) is 0 Å². The van der Waals surface area contributed by atoms with Crippen LogP contribution in [0.5, 0.6) is 11.5 Å². The second-order valence-corrected chi connectivity index (χ2v) is 9.36. The molecule has 0 aromatic heterocycles. The summed E-state index contributed by atoms with van der Waals surface area (Å²) in [5.74, 6) is 1.28. The number of benzene rings is 2. The Balaban J connectivity index is 1.78. The summed E-state index contributed by atoms with van der Waals surface area (Å²) in [5, 5.41) is 3.04. The van der Waals surface area contributed by atoms with Crippen molar-refractivity contribution in [3.63, 3.8) is 0 Å². The van der Waals surface area contributed by atoms with Crippen molar-refractivity contribution in [2.45, 2.75) is 72.0 Å². The molecule has 0 bridgehead atoms. The van der Waals surface area contributed by atoms with Gasteiger partial charge in [-0.05, 0) is 63.8 Å². The number of rotatable bonds is 8. The number of hydrogen-bond acceptors (Lipinski definition) is 4. The molecule has 1 aliphatic rings. The summed E-state index contributed by atoms with van der Waals surface area (Å²) in [7, 11) is 0. The van der Waals surface area contributed by atoms with Crippen molar-refractivity contribution in [2.75, 3.05) is 6.79 Å². The molecule has 0 unspecified atom stereocenters. The highest BCUT2D eigenvalue weighted by atomic mass is 16.7. The Hall–Kier alpha value is -3.02. The molecule has 2 amide bonds. The lowest BCUT2D eigenvalue weighted by Crippen LogP contribution is -2.53. The third kappa shape index (κ3) is 6.25. The number of hydrogen-bond donors (Lipinski definition) is 1. The molecule has 0 spiro atoms. The van der Waals surface area contributed by atoms with Gasteiger partial charge in [0.15, 0.2) is 11.5 Å². The zero-order chi connectivity index (χ0) is 23.3. The van der Waals surface area contributed by atoms with Gasteiger partial charge in [-0.2, -0.15) is 0 Å². The standard InChI is InChI=1S/C26H34N2O4/c1-6-21(25(30)27-26(3,4)5)28(16-20-9-7-8-18(2)14-20)24(29)13-11-19-10-12-22-23(15-19)32-17-31-22/h7-10,12,14-15,21H,6,11,13,16-17H2,1-5H3,(H,27,30)/t21-/m1/s1. The topological polar surface area (TPSA) is 67.9 Å². The van der Waals surface area contributed by atoms with Crippen LogP contribution in [0.25, 0.3) is 0 Å². The molecule has 172 valence electrons. The number of nitrogens with zero attached hydrogens (tertiary/aromatic N) is 1. The summed E-state index contributed by atoms with van der Waals surface area (Å²) in [4.78, 5) is 28.2. The number of aryl methyl sites for hydroxylation is 2. The van der Waals surface area contributed by atoms with Gasteiger partial charge in [-0.15, -0.1) is 0 Å². The molecule has 2 aromatic rings. The summed E-state index contributed by atoms with van der Waals surface area (Å²) in [5.41, 5.74) is 2.78. The first-order valence-corrected chi connectivity index (χ1v) is 11.2. The van der Waals surface area contributed by atoms with Crippen molar-refractivity contribution in [3.05, 3.63) is 59.2 Å².